The zero-order chi connectivity index (χ0) is 29.2. The van der Waals surface area contributed by atoms with Crippen LogP contribution in [0.2, 0.25) is 0 Å². The second kappa shape index (κ2) is 11.9. The largest absolute Gasteiger partial charge is 0.493 e. The Balaban J connectivity index is 1.17. The molecule has 9 heteroatoms. The summed E-state index contributed by atoms with van der Waals surface area (Å²) in [7, 11) is 3.26. The maximum atomic E-state index is 13.6. The lowest BCUT2D eigenvalue weighted by Crippen LogP contribution is -2.37. The predicted molar refractivity (Wildman–Crippen MR) is 161 cm³/mol. The summed E-state index contributed by atoms with van der Waals surface area (Å²) in [6.45, 7) is 5.32. The number of fused-ring (bicyclic) bond motifs is 2. The molecule has 0 N–H and O–H groups in total. The van der Waals surface area contributed by atoms with Crippen LogP contribution in [0.3, 0.4) is 0 Å². The van der Waals surface area contributed by atoms with Gasteiger partial charge in [-0.05, 0) is 75.0 Å². The number of pyridine rings is 1. The van der Waals surface area contributed by atoms with Gasteiger partial charge in [-0.2, -0.15) is 0 Å². The van der Waals surface area contributed by atoms with Gasteiger partial charge in [-0.15, -0.1) is 0 Å². The van der Waals surface area contributed by atoms with Crippen LogP contribution in [0.15, 0.2) is 65.6 Å². The summed E-state index contributed by atoms with van der Waals surface area (Å²) in [6.07, 6.45) is 5.44. The number of benzene rings is 2. The molecule has 6 rings (SSSR count). The predicted octanol–water partition coefficient (Wildman–Crippen LogP) is 5.05. The van der Waals surface area contributed by atoms with Gasteiger partial charge in [0.15, 0.2) is 11.5 Å². The lowest BCUT2D eigenvalue weighted by Gasteiger charge is -2.32. The molecule has 0 saturated carbocycles. The summed E-state index contributed by atoms with van der Waals surface area (Å²) in [6, 6.07) is 16.2. The molecule has 0 aliphatic carbocycles. The van der Waals surface area contributed by atoms with Crippen LogP contribution in [-0.2, 0) is 19.4 Å². The molecule has 0 unspecified atom stereocenters. The van der Waals surface area contributed by atoms with Crippen LogP contribution in [0.25, 0.3) is 16.7 Å². The van der Waals surface area contributed by atoms with Gasteiger partial charge >= 0.3 is 0 Å². The second-order valence-electron chi connectivity index (χ2n) is 11.1. The molecule has 5 aromatic rings. The number of hydrogen-bond donors (Lipinski definition) is 0. The van der Waals surface area contributed by atoms with E-state index < -0.39 is 0 Å². The smallest absolute Gasteiger partial charge is 0.261 e. The van der Waals surface area contributed by atoms with Crippen molar-refractivity contribution >= 4 is 16.7 Å². The average molecular weight is 570 g/mol. The third kappa shape index (κ3) is 5.61. The summed E-state index contributed by atoms with van der Waals surface area (Å²) in [5, 5.41) is 0. The molecule has 0 radical (unpaired) electrons. The number of hydrogen-bond acceptors (Lipinski definition) is 6. The van der Waals surface area contributed by atoms with Gasteiger partial charge in [-0.1, -0.05) is 18.2 Å². The lowest BCUT2D eigenvalue weighted by molar-refractivity contribution is 0.184. The highest BCUT2D eigenvalue weighted by Crippen LogP contribution is 2.34. The Morgan fingerprint density at radius 1 is 0.976 bits per heavy atom. The maximum absolute atomic E-state index is 13.6. The standard InChI is InChI=1S/C33H36FN5O3/c1-22-26(33(40)38-14-5-4-6-31(38)35-22)13-17-37-15-11-23(12-16-37)18-32-36-27-19-29(41-2)30(42-3)20-28(27)39(32)21-24-7-9-25(34)10-8-24/h4-10,14,19-20,23H,11-13,15-18,21H2,1-3H3. The highest BCUT2D eigenvalue weighted by molar-refractivity contribution is 5.81. The number of aryl methyl sites for hydroxylation is 1. The molecule has 42 heavy (non-hydrogen) atoms. The molecule has 0 bridgehead atoms. The van der Waals surface area contributed by atoms with E-state index in [-0.39, 0.29) is 11.4 Å². The van der Waals surface area contributed by atoms with Crippen LogP contribution >= 0.6 is 0 Å². The van der Waals surface area contributed by atoms with Gasteiger partial charge in [0.2, 0.25) is 0 Å². The normalized spacial score (nSPS) is 14.6. The molecule has 8 nitrogen and oxygen atoms in total. The summed E-state index contributed by atoms with van der Waals surface area (Å²) in [5.74, 6) is 2.55. The Kier molecular flexibility index (Phi) is 7.93. The van der Waals surface area contributed by atoms with Gasteiger partial charge in [-0.25, -0.2) is 14.4 Å². The Labute approximate surface area is 244 Å². The van der Waals surface area contributed by atoms with Crippen LogP contribution in [0.5, 0.6) is 11.5 Å². The molecule has 4 heterocycles. The van der Waals surface area contributed by atoms with Crippen molar-refractivity contribution in [1.29, 1.82) is 0 Å². The molecule has 0 amide bonds. The zero-order valence-corrected chi connectivity index (χ0v) is 24.3. The maximum Gasteiger partial charge on any atom is 0.261 e. The monoisotopic (exact) mass is 569 g/mol. The minimum Gasteiger partial charge on any atom is -0.493 e. The van der Waals surface area contributed by atoms with E-state index in [2.05, 4.69) is 14.5 Å². The molecule has 0 atom stereocenters. The van der Waals surface area contributed by atoms with Gasteiger partial charge in [0, 0.05) is 49.1 Å². The van der Waals surface area contributed by atoms with Crippen molar-refractivity contribution in [3.63, 3.8) is 0 Å². The van der Waals surface area contributed by atoms with E-state index in [0.717, 1.165) is 72.6 Å². The molecular weight excluding hydrogens is 533 g/mol. The van der Waals surface area contributed by atoms with Crippen LogP contribution in [-0.4, -0.2) is 57.7 Å². The van der Waals surface area contributed by atoms with Gasteiger partial charge in [0.25, 0.3) is 5.56 Å². The van der Waals surface area contributed by atoms with Crippen molar-refractivity contribution < 1.29 is 13.9 Å². The van der Waals surface area contributed by atoms with E-state index in [1.165, 1.54) is 12.1 Å². The van der Waals surface area contributed by atoms with E-state index in [9.17, 15) is 9.18 Å². The molecule has 0 spiro atoms. The van der Waals surface area contributed by atoms with Crippen molar-refractivity contribution in [3.8, 4) is 11.5 Å². The molecule has 1 aliphatic rings. The topological polar surface area (TPSA) is 73.9 Å². The number of nitrogens with zero attached hydrogens (tertiary/aromatic N) is 5. The summed E-state index contributed by atoms with van der Waals surface area (Å²) >= 11 is 0. The zero-order valence-electron chi connectivity index (χ0n) is 24.3. The number of aromatic nitrogens is 4. The van der Waals surface area contributed by atoms with Gasteiger partial charge in [0.05, 0.1) is 25.3 Å². The first-order chi connectivity index (χ1) is 20.4. The summed E-state index contributed by atoms with van der Waals surface area (Å²) in [5.41, 5.74) is 5.16. The summed E-state index contributed by atoms with van der Waals surface area (Å²) in [4.78, 5) is 25.2. The van der Waals surface area contributed by atoms with Crippen molar-refractivity contribution in [1.82, 2.24) is 23.8 Å². The van der Waals surface area contributed by atoms with Crippen LogP contribution in [0.4, 0.5) is 4.39 Å². The lowest BCUT2D eigenvalue weighted by atomic mass is 9.93. The molecule has 218 valence electrons. The van der Waals surface area contributed by atoms with Crippen molar-refractivity contribution in [3.05, 3.63) is 99.6 Å². The number of likely N-dealkylation sites (tertiary alicyclic amines) is 1. The minimum absolute atomic E-state index is 0.0290. The van der Waals surface area contributed by atoms with E-state index in [1.54, 1.807) is 24.8 Å². The fraction of sp³-hybridized carbons (Fsp3) is 0.364. The fourth-order valence-electron chi connectivity index (χ4n) is 6.07. The number of halogens is 1. The molecule has 2 aromatic carbocycles. The number of piperidine rings is 1. The van der Waals surface area contributed by atoms with E-state index in [4.69, 9.17) is 14.5 Å². The Bertz CT molecular complexity index is 1770. The van der Waals surface area contributed by atoms with Crippen LogP contribution in [0.1, 0.15) is 35.5 Å². The first-order valence-electron chi connectivity index (χ1n) is 14.5. The molecule has 1 aliphatic heterocycles. The first kappa shape index (κ1) is 27.9. The van der Waals surface area contributed by atoms with E-state index in [0.29, 0.717) is 36.0 Å². The number of imidazole rings is 1. The fourth-order valence-corrected chi connectivity index (χ4v) is 6.07. The Hall–Kier alpha value is -4.24. The summed E-state index contributed by atoms with van der Waals surface area (Å²) < 4.78 is 28.6. The van der Waals surface area contributed by atoms with Crippen molar-refractivity contribution in [2.24, 2.45) is 5.92 Å². The SMILES string of the molecule is COc1cc2nc(CC3CCN(CCc4c(C)nc5ccccn5c4=O)CC3)n(Cc3ccc(F)cc3)c2cc1OC. The van der Waals surface area contributed by atoms with E-state index >= 15 is 0 Å². The van der Waals surface area contributed by atoms with Crippen LogP contribution in [0, 0.1) is 18.7 Å². The highest BCUT2D eigenvalue weighted by Gasteiger charge is 2.24. The average Bonchev–Trinajstić information content (AvgIpc) is 3.33. The van der Waals surface area contributed by atoms with E-state index in [1.807, 2.05) is 49.4 Å². The third-order valence-electron chi connectivity index (χ3n) is 8.48. The minimum atomic E-state index is -0.245. The second-order valence-corrected chi connectivity index (χ2v) is 11.1. The number of rotatable bonds is 9. The molecule has 3 aromatic heterocycles. The molecule has 1 fully saturated rings. The van der Waals surface area contributed by atoms with Gasteiger partial charge in [-0.3, -0.25) is 9.20 Å². The molecule has 1 saturated heterocycles. The number of ether oxygens (including phenoxy) is 2. The van der Waals surface area contributed by atoms with Crippen molar-refractivity contribution in [2.45, 2.75) is 39.2 Å². The highest BCUT2D eigenvalue weighted by atomic mass is 19.1. The first-order valence-corrected chi connectivity index (χ1v) is 14.5. The Morgan fingerprint density at radius 2 is 1.71 bits per heavy atom. The Morgan fingerprint density at radius 3 is 2.45 bits per heavy atom. The number of methoxy groups -OCH3 is 2. The third-order valence-corrected chi connectivity index (χ3v) is 8.48. The quantitative estimate of drug-likeness (QED) is 0.247. The molecular formula is C33H36FN5O3. The van der Waals surface area contributed by atoms with Gasteiger partial charge in [0.1, 0.15) is 17.3 Å². The van der Waals surface area contributed by atoms with Crippen LogP contribution < -0.4 is 15.0 Å². The van der Waals surface area contributed by atoms with Gasteiger partial charge < -0.3 is 18.9 Å². The van der Waals surface area contributed by atoms with Crippen molar-refractivity contribution in [2.75, 3.05) is 33.9 Å².